The summed E-state index contributed by atoms with van der Waals surface area (Å²) in [4.78, 5) is 12.1. The zero-order chi connectivity index (χ0) is 24.5. The molecule has 34 heavy (non-hydrogen) atoms. The summed E-state index contributed by atoms with van der Waals surface area (Å²) in [6.45, 7) is 9.89. The van der Waals surface area contributed by atoms with E-state index in [4.69, 9.17) is 4.74 Å². The Kier molecular flexibility index (Phi) is 6.80. The van der Waals surface area contributed by atoms with E-state index in [1.54, 1.807) is 0 Å². The van der Waals surface area contributed by atoms with Gasteiger partial charge in [0.1, 0.15) is 5.60 Å². The number of phenols is 1. The quantitative estimate of drug-likeness (QED) is 0.292. The number of alkyl carbamates (subject to hydrolysis) is 1. The van der Waals surface area contributed by atoms with Gasteiger partial charge in [0.15, 0.2) is 0 Å². The van der Waals surface area contributed by atoms with E-state index in [0.717, 1.165) is 35.1 Å². The number of anilines is 2. The van der Waals surface area contributed by atoms with E-state index >= 15 is 0 Å². The molecule has 3 heterocycles. The number of carbonyl (C=O) groups is 1. The number of hydrogen-bond donors (Lipinski definition) is 3. The van der Waals surface area contributed by atoms with E-state index in [-0.39, 0.29) is 14.7 Å². The van der Waals surface area contributed by atoms with Crippen LogP contribution in [0.5, 0.6) is 5.75 Å². The molecular formula is C25H32N4O3SeSi. The molecule has 0 aliphatic heterocycles. The third-order valence-corrected chi connectivity index (χ3v) is 10.6. The van der Waals surface area contributed by atoms with Crippen LogP contribution in [-0.4, -0.2) is 54.4 Å². The van der Waals surface area contributed by atoms with Gasteiger partial charge in [0.2, 0.25) is 0 Å². The van der Waals surface area contributed by atoms with Gasteiger partial charge in [-0.05, 0) is 20.8 Å². The fourth-order valence-corrected chi connectivity index (χ4v) is 7.40. The van der Waals surface area contributed by atoms with E-state index < -0.39 is 19.8 Å². The van der Waals surface area contributed by atoms with Gasteiger partial charge in [0.25, 0.3) is 0 Å². The van der Waals surface area contributed by atoms with Crippen molar-refractivity contribution >= 4 is 50.0 Å². The van der Waals surface area contributed by atoms with E-state index in [1.807, 2.05) is 63.2 Å². The maximum atomic E-state index is 12.1. The molecule has 9 heteroatoms. The molecule has 2 bridgehead atoms. The Labute approximate surface area is 207 Å². The Balaban J connectivity index is 1.40. The minimum absolute atomic E-state index is 0.259. The van der Waals surface area contributed by atoms with Crippen LogP contribution in [-0.2, 0) is 17.6 Å². The zero-order valence-corrected chi connectivity index (χ0v) is 23.0. The van der Waals surface area contributed by atoms with E-state index in [1.165, 1.54) is 9.95 Å². The van der Waals surface area contributed by atoms with Gasteiger partial charge in [0.05, 0.1) is 0 Å². The number of aromatic nitrogens is 2. The molecule has 1 amide bonds. The number of nitrogens with zero attached hydrogens (tertiary/aromatic N) is 2. The van der Waals surface area contributed by atoms with Crippen LogP contribution in [0.25, 0.3) is 4.39 Å². The molecule has 5 rings (SSSR count). The maximum absolute atomic E-state index is 12.1. The third-order valence-electron chi connectivity index (χ3n) is 5.71. The number of benzene rings is 2. The van der Waals surface area contributed by atoms with Crippen LogP contribution >= 0.6 is 0 Å². The molecule has 0 atom stereocenters. The molecule has 0 saturated heterocycles. The Morgan fingerprint density at radius 1 is 1.15 bits per heavy atom. The third kappa shape index (κ3) is 5.66. The summed E-state index contributed by atoms with van der Waals surface area (Å²) in [7, 11) is -1.99. The van der Waals surface area contributed by atoms with Crippen LogP contribution in [0.3, 0.4) is 0 Å². The average Bonchev–Trinajstić information content (AvgIpc) is 3.23. The fourth-order valence-electron chi connectivity index (χ4n) is 3.77. The number of hydrogen-bond acceptors (Lipinski definition) is 5. The number of fused-ring (bicyclic) bond motifs is 1. The summed E-state index contributed by atoms with van der Waals surface area (Å²) in [5, 5.41) is 22.8. The number of aryl methyl sites for hydroxylation is 2. The Morgan fingerprint density at radius 3 is 2.50 bits per heavy atom. The molecule has 3 aromatic heterocycles. The van der Waals surface area contributed by atoms with Gasteiger partial charge in [0, 0.05) is 0 Å². The first kappa shape index (κ1) is 24.4. The van der Waals surface area contributed by atoms with Crippen molar-refractivity contribution in [2.24, 2.45) is 0 Å². The summed E-state index contributed by atoms with van der Waals surface area (Å²) in [6.07, 6.45) is 1.69. The summed E-state index contributed by atoms with van der Waals surface area (Å²) < 4.78 is 8.59. The summed E-state index contributed by atoms with van der Waals surface area (Å²) in [6, 6.07) is 16.1. The van der Waals surface area contributed by atoms with E-state index in [0.29, 0.717) is 11.9 Å². The Bertz CT molecular complexity index is 1250. The molecule has 0 spiro atoms. The number of nitrogens with one attached hydrogen (secondary N) is 2. The summed E-state index contributed by atoms with van der Waals surface area (Å²) >= 11 is 0.259. The van der Waals surface area contributed by atoms with Crippen LogP contribution in [0.1, 0.15) is 31.9 Å². The first-order chi connectivity index (χ1) is 16.0. The van der Waals surface area contributed by atoms with Gasteiger partial charge in [-0.3, -0.25) is 0 Å². The molecule has 0 aliphatic rings. The van der Waals surface area contributed by atoms with Crippen molar-refractivity contribution in [3.8, 4) is 5.75 Å². The number of phenolic OH excluding ortho intramolecular Hbond substituents is 1. The standard InChI is InChI=1S/C25H32N4O3SeSi/c1-25(2,3)32-24(31)26-16-34(4,5)19-13-11-17(21(30)15-19)12-14-20-22(29-28-23(20)33-29)27-18-9-7-6-8-10-18/h6-11,13,15,27,30H,12,14,16H2,1-5H3,(H,26,31). The van der Waals surface area contributed by atoms with Crippen molar-refractivity contribution in [3.05, 3.63) is 59.7 Å². The number of aromatic hydroxyl groups is 1. The van der Waals surface area contributed by atoms with E-state index in [2.05, 4.69) is 38.4 Å². The van der Waals surface area contributed by atoms with Crippen LogP contribution in [0.2, 0.25) is 13.1 Å². The molecule has 2 aromatic carbocycles. The van der Waals surface area contributed by atoms with Gasteiger partial charge in [-0.2, -0.15) is 0 Å². The first-order valence-corrected chi connectivity index (χ1v) is 16.3. The number of rotatable bonds is 8. The zero-order valence-electron chi connectivity index (χ0n) is 20.3. The molecule has 5 aromatic rings. The molecule has 0 aliphatic carbocycles. The predicted molar refractivity (Wildman–Crippen MR) is 140 cm³/mol. The topological polar surface area (TPSA) is 87.9 Å². The predicted octanol–water partition coefficient (Wildman–Crippen LogP) is 4.04. The number of para-hydroxylation sites is 1. The first-order valence-electron chi connectivity index (χ1n) is 11.4. The second kappa shape index (κ2) is 9.48. The van der Waals surface area contributed by atoms with Crippen molar-refractivity contribution in [2.75, 3.05) is 11.5 Å². The SMILES string of the molecule is CC(C)(C)OC(=O)NC[Si](C)(C)c1ccc(CCc2c(Nc3ccccc3)n3nc2[se]3)c(O)c1. The molecule has 0 radical (unpaired) electrons. The van der Waals surface area contributed by atoms with Gasteiger partial charge >= 0.3 is 172 Å². The van der Waals surface area contributed by atoms with Crippen LogP contribution < -0.4 is 15.8 Å². The van der Waals surface area contributed by atoms with Crippen molar-refractivity contribution < 1.29 is 14.6 Å². The van der Waals surface area contributed by atoms with Crippen molar-refractivity contribution in [3.63, 3.8) is 0 Å². The molecule has 0 unspecified atom stereocenters. The monoisotopic (exact) mass is 544 g/mol. The van der Waals surface area contributed by atoms with Crippen LogP contribution in [0.15, 0.2) is 48.5 Å². The van der Waals surface area contributed by atoms with Crippen molar-refractivity contribution in [1.29, 1.82) is 0 Å². The molecule has 180 valence electrons. The number of amides is 1. The molecule has 3 N–H and O–H groups in total. The van der Waals surface area contributed by atoms with Crippen LogP contribution in [0, 0.1) is 0 Å². The van der Waals surface area contributed by atoms with Gasteiger partial charge in [-0.1, -0.05) is 0 Å². The Morgan fingerprint density at radius 2 is 1.85 bits per heavy atom. The van der Waals surface area contributed by atoms with Crippen LogP contribution in [0.4, 0.5) is 16.3 Å². The fraction of sp³-hybridized carbons (Fsp3) is 0.360. The number of ether oxygens (including phenoxy) is 1. The molecular weight excluding hydrogens is 511 g/mol. The van der Waals surface area contributed by atoms with Gasteiger partial charge < -0.3 is 4.74 Å². The second-order valence-electron chi connectivity index (χ2n) is 10.2. The van der Waals surface area contributed by atoms with Crippen molar-refractivity contribution in [2.45, 2.75) is 52.3 Å². The summed E-state index contributed by atoms with van der Waals surface area (Å²) in [5.74, 6) is 1.38. The summed E-state index contributed by atoms with van der Waals surface area (Å²) in [5.41, 5.74) is 2.69. The minimum atomic E-state index is -1.99. The number of carbonyl (C=O) groups excluding carboxylic acids is 1. The molecule has 7 nitrogen and oxygen atoms in total. The molecule has 0 fully saturated rings. The van der Waals surface area contributed by atoms with E-state index in [9.17, 15) is 9.90 Å². The molecule has 0 saturated carbocycles. The Hall–Kier alpha value is -2.74. The van der Waals surface area contributed by atoms with Gasteiger partial charge in [-0.25, -0.2) is 4.79 Å². The van der Waals surface area contributed by atoms with Crippen molar-refractivity contribution in [1.82, 2.24) is 13.9 Å². The van der Waals surface area contributed by atoms with Gasteiger partial charge in [-0.15, -0.1) is 0 Å². The normalized spacial score (nSPS) is 12.3. The second-order valence-corrected chi connectivity index (χ2v) is 16.8. The average molecular weight is 544 g/mol.